The fourth-order valence-corrected chi connectivity index (χ4v) is 2.65. The van der Waals surface area contributed by atoms with Gasteiger partial charge in [0.25, 0.3) is 0 Å². The van der Waals surface area contributed by atoms with E-state index in [-0.39, 0.29) is 0 Å². The van der Waals surface area contributed by atoms with Gasteiger partial charge in [-0.1, -0.05) is 42.0 Å². The molecular weight excluding hydrogens is 323 g/mol. The molecular formula is C21H18F3N. The normalized spacial score (nSPS) is 11.4. The lowest BCUT2D eigenvalue weighted by atomic mass is 10.0. The summed E-state index contributed by atoms with van der Waals surface area (Å²) >= 11 is 0. The van der Waals surface area contributed by atoms with Gasteiger partial charge in [0.2, 0.25) is 0 Å². The maximum atomic E-state index is 12.7. The Kier molecular flexibility index (Phi) is 4.53. The second kappa shape index (κ2) is 6.63. The fourth-order valence-electron chi connectivity index (χ4n) is 2.65. The molecule has 0 saturated carbocycles. The first-order valence-electron chi connectivity index (χ1n) is 7.93. The van der Waals surface area contributed by atoms with E-state index < -0.39 is 11.7 Å². The molecule has 0 aromatic heterocycles. The minimum Gasteiger partial charge on any atom is -0.345 e. The fraction of sp³-hybridized carbons (Fsp3) is 0.143. The van der Waals surface area contributed by atoms with Crippen molar-refractivity contribution >= 4 is 11.4 Å². The van der Waals surface area contributed by atoms with Crippen LogP contribution in [-0.2, 0) is 6.18 Å². The SMILES string of the molecule is Cc1ccc(-c2ccc(N(C)c3ccc(C(F)(F)F)cc3)cc2)cc1. The average molecular weight is 341 g/mol. The third-order valence-corrected chi connectivity index (χ3v) is 4.22. The summed E-state index contributed by atoms with van der Waals surface area (Å²) in [6.07, 6.45) is -4.31. The summed E-state index contributed by atoms with van der Waals surface area (Å²) in [5, 5.41) is 0. The molecule has 128 valence electrons. The molecule has 3 rings (SSSR count). The summed E-state index contributed by atoms with van der Waals surface area (Å²) in [5.41, 5.74) is 4.42. The molecule has 0 aliphatic heterocycles. The number of benzene rings is 3. The number of halogens is 3. The highest BCUT2D eigenvalue weighted by atomic mass is 19.4. The van der Waals surface area contributed by atoms with Gasteiger partial charge in [0.1, 0.15) is 0 Å². The van der Waals surface area contributed by atoms with Gasteiger partial charge in [-0.15, -0.1) is 0 Å². The van der Waals surface area contributed by atoms with Gasteiger partial charge in [-0.2, -0.15) is 13.2 Å². The zero-order chi connectivity index (χ0) is 18.0. The first kappa shape index (κ1) is 17.1. The lowest BCUT2D eigenvalue weighted by molar-refractivity contribution is -0.137. The summed E-state index contributed by atoms with van der Waals surface area (Å²) in [6, 6.07) is 21.4. The largest absolute Gasteiger partial charge is 0.416 e. The van der Waals surface area contributed by atoms with E-state index in [0.717, 1.165) is 28.9 Å². The van der Waals surface area contributed by atoms with E-state index in [2.05, 4.69) is 24.3 Å². The maximum absolute atomic E-state index is 12.7. The Morgan fingerprint density at radius 3 is 1.48 bits per heavy atom. The average Bonchev–Trinajstić information content (AvgIpc) is 2.61. The summed E-state index contributed by atoms with van der Waals surface area (Å²) < 4.78 is 38.0. The molecule has 25 heavy (non-hydrogen) atoms. The molecule has 1 nitrogen and oxygen atoms in total. The quantitative estimate of drug-likeness (QED) is 0.529. The van der Waals surface area contributed by atoms with Crippen LogP contribution in [0.3, 0.4) is 0 Å². The van der Waals surface area contributed by atoms with E-state index in [9.17, 15) is 13.2 Å². The van der Waals surface area contributed by atoms with E-state index in [1.165, 1.54) is 17.7 Å². The van der Waals surface area contributed by atoms with E-state index in [1.54, 1.807) is 0 Å². The molecule has 0 bridgehead atoms. The highest BCUT2D eigenvalue weighted by Gasteiger charge is 2.30. The van der Waals surface area contributed by atoms with Crippen LogP contribution in [0.2, 0.25) is 0 Å². The zero-order valence-electron chi connectivity index (χ0n) is 14.0. The van der Waals surface area contributed by atoms with Crippen LogP contribution in [0.4, 0.5) is 24.5 Å². The molecule has 0 atom stereocenters. The summed E-state index contributed by atoms with van der Waals surface area (Å²) in [4.78, 5) is 1.86. The van der Waals surface area contributed by atoms with Crippen LogP contribution in [0.15, 0.2) is 72.8 Å². The van der Waals surface area contributed by atoms with Crippen molar-refractivity contribution in [1.82, 2.24) is 0 Å². The molecule has 3 aromatic carbocycles. The number of nitrogens with zero attached hydrogens (tertiary/aromatic N) is 1. The zero-order valence-corrected chi connectivity index (χ0v) is 14.0. The van der Waals surface area contributed by atoms with Gasteiger partial charge in [0.15, 0.2) is 0 Å². The van der Waals surface area contributed by atoms with Crippen LogP contribution in [0, 0.1) is 6.92 Å². The van der Waals surface area contributed by atoms with Gasteiger partial charge in [-0.25, -0.2) is 0 Å². The molecule has 4 heteroatoms. The molecule has 0 saturated heterocycles. The van der Waals surface area contributed by atoms with Gasteiger partial charge in [0, 0.05) is 18.4 Å². The lowest BCUT2D eigenvalue weighted by Crippen LogP contribution is -2.10. The van der Waals surface area contributed by atoms with Gasteiger partial charge < -0.3 is 4.90 Å². The van der Waals surface area contributed by atoms with Gasteiger partial charge in [-0.05, 0) is 54.4 Å². The van der Waals surface area contributed by atoms with Crippen LogP contribution >= 0.6 is 0 Å². The van der Waals surface area contributed by atoms with E-state index in [0.29, 0.717) is 5.69 Å². The van der Waals surface area contributed by atoms with Crippen molar-refractivity contribution in [2.45, 2.75) is 13.1 Å². The topological polar surface area (TPSA) is 3.24 Å². The number of anilines is 2. The van der Waals surface area contributed by atoms with Gasteiger partial charge in [-0.3, -0.25) is 0 Å². The summed E-state index contributed by atoms with van der Waals surface area (Å²) in [7, 11) is 1.84. The van der Waals surface area contributed by atoms with E-state index in [1.807, 2.05) is 43.1 Å². The number of hydrogen-bond donors (Lipinski definition) is 0. The Hall–Kier alpha value is -2.75. The standard InChI is InChI=1S/C21H18F3N/c1-15-3-5-16(6-4-15)17-7-11-19(12-8-17)25(2)20-13-9-18(10-14-20)21(22,23)24/h3-14H,1-2H3. The first-order chi connectivity index (χ1) is 11.8. The second-order valence-electron chi connectivity index (χ2n) is 6.02. The predicted molar refractivity (Wildman–Crippen MR) is 96.1 cm³/mol. The molecule has 0 spiro atoms. The third kappa shape index (κ3) is 3.85. The molecule has 0 N–H and O–H groups in total. The van der Waals surface area contributed by atoms with Gasteiger partial charge >= 0.3 is 6.18 Å². The van der Waals surface area contributed by atoms with Crippen molar-refractivity contribution in [2.75, 3.05) is 11.9 Å². The minimum absolute atomic E-state index is 0.639. The van der Waals surface area contributed by atoms with Crippen LogP contribution in [-0.4, -0.2) is 7.05 Å². The lowest BCUT2D eigenvalue weighted by Gasteiger charge is -2.20. The van der Waals surface area contributed by atoms with E-state index in [4.69, 9.17) is 0 Å². The molecule has 0 aliphatic rings. The van der Waals surface area contributed by atoms with Crippen LogP contribution in [0.5, 0.6) is 0 Å². The number of rotatable bonds is 3. The monoisotopic (exact) mass is 341 g/mol. The van der Waals surface area contributed by atoms with Crippen molar-refractivity contribution in [3.05, 3.63) is 83.9 Å². The van der Waals surface area contributed by atoms with Crippen molar-refractivity contribution in [1.29, 1.82) is 0 Å². The summed E-state index contributed by atoms with van der Waals surface area (Å²) in [5.74, 6) is 0. The molecule has 0 heterocycles. The van der Waals surface area contributed by atoms with Crippen molar-refractivity contribution in [2.24, 2.45) is 0 Å². The molecule has 0 amide bonds. The highest BCUT2D eigenvalue weighted by molar-refractivity contribution is 5.69. The predicted octanol–water partition coefficient (Wildman–Crippen LogP) is 6.45. The first-order valence-corrected chi connectivity index (χ1v) is 7.93. The maximum Gasteiger partial charge on any atom is 0.416 e. The smallest absolute Gasteiger partial charge is 0.345 e. The van der Waals surface area contributed by atoms with Gasteiger partial charge in [0.05, 0.1) is 5.56 Å². The second-order valence-corrected chi connectivity index (χ2v) is 6.02. The van der Waals surface area contributed by atoms with Crippen molar-refractivity contribution < 1.29 is 13.2 Å². The molecule has 0 unspecified atom stereocenters. The number of hydrogen-bond acceptors (Lipinski definition) is 1. The van der Waals surface area contributed by atoms with E-state index >= 15 is 0 Å². The Morgan fingerprint density at radius 2 is 1.04 bits per heavy atom. The van der Waals surface area contributed by atoms with Crippen LogP contribution in [0.25, 0.3) is 11.1 Å². The molecule has 0 aliphatic carbocycles. The van der Waals surface area contributed by atoms with Crippen molar-refractivity contribution in [3.63, 3.8) is 0 Å². The Morgan fingerprint density at radius 1 is 0.640 bits per heavy atom. The molecule has 3 aromatic rings. The highest BCUT2D eigenvalue weighted by Crippen LogP contribution is 2.32. The Balaban J connectivity index is 1.80. The number of alkyl halides is 3. The Labute approximate surface area is 145 Å². The third-order valence-electron chi connectivity index (χ3n) is 4.22. The van der Waals surface area contributed by atoms with Crippen LogP contribution < -0.4 is 4.90 Å². The molecule has 0 radical (unpaired) electrons. The summed E-state index contributed by atoms with van der Waals surface area (Å²) in [6.45, 7) is 2.05. The number of aryl methyl sites for hydroxylation is 1. The minimum atomic E-state index is -4.31. The molecule has 0 fully saturated rings. The Bertz CT molecular complexity index is 832. The van der Waals surface area contributed by atoms with Crippen LogP contribution in [0.1, 0.15) is 11.1 Å². The van der Waals surface area contributed by atoms with Crippen molar-refractivity contribution in [3.8, 4) is 11.1 Å².